The van der Waals surface area contributed by atoms with E-state index in [0.717, 1.165) is 61.8 Å². The summed E-state index contributed by atoms with van der Waals surface area (Å²) < 4.78 is 4.97. The number of thiophene rings is 1. The molecule has 4 rings (SSSR count). The van der Waals surface area contributed by atoms with Gasteiger partial charge in [-0.2, -0.15) is 0 Å². The Hall–Kier alpha value is -1.89. The molecule has 6 nitrogen and oxygen atoms in total. The maximum atomic E-state index is 13.0. The fourth-order valence-corrected chi connectivity index (χ4v) is 6.63. The van der Waals surface area contributed by atoms with Crippen LogP contribution >= 0.6 is 11.3 Å². The maximum Gasteiger partial charge on any atom is 0.341 e. The van der Waals surface area contributed by atoms with E-state index in [1.165, 1.54) is 18.4 Å². The van der Waals surface area contributed by atoms with Gasteiger partial charge in [-0.3, -0.25) is 4.79 Å². The molecular weight excluding hydrogens is 366 g/mol. The zero-order valence-corrected chi connectivity index (χ0v) is 16.2. The number of carboxylic acids is 1. The summed E-state index contributed by atoms with van der Waals surface area (Å²) in [7, 11) is 1.34. The Balaban J connectivity index is 1.63. The van der Waals surface area contributed by atoms with Crippen molar-refractivity contribution in [3.8, 4) is 0 Å². The van der Waals surface area contributed by atoms with Crippen molar-refractivity contribution in [1.82, 2.24) is 0 Å². The van der Waals surface area contributed by atoms with Crippen LogP contribution in [-0.4, -0.2) is 25.0 Å². The minimum atomic E-state index is -1.13. The molecule has 1 heterocycles. The third-order valence-corrected chi connectivity index (χ3v) is 7.75. The number of fused-ring (bicyclic) bond motifs is 3. The first-order valence-corrected chi connectivity index (χ1v) is 10.6. The predicted molar refractivity (Wildman–Crippen MR) is 98.4 cm³/mol. The van der Waals surface area contributed by atoms with Crippen molar-refractivity contribution in [3.05, 3.63) is 16.0 Å². The van der Waals surface area contributed by atoms with E-state index in [0.29, 0.717) is 10.6 Å². The fourth-order valence-electron chi connectivity index (χ4n) is 5.35. The summed E-state index contributed by atoms with van der Waals surface area (Å²) in [5.74, 6) is -3.01. The second-order valence-electron chi connectivity index (χ2n) is 7.95. The Bertz CT molecular complexity index is 786. The van der Waals surface area contributed by atoms with Gasteiger partial charge in [0.25, 0.3) is 0 Å². The minimum Gasteiger partial charge on any atom is -0.550 e. The summed E-state index contributed by atoms with van der Waals surface area (Å²) in [6, 6.07) is 0. The maximum absolute atomic E-state index is 13.0. The Kier molecular flexibility index (Phi) is 4.97. The second-order valence-corrected chi connectivity index (χ2v) is 9.06. The molecule has 2 bridgehead atoms. The highest BCUT2D eigenvalue weighted by Crippen LogP contribution is 2.52. The van der Waals surface area contributed by atoms with Gasteiger partial charge in [-0.15, -0.1) is 11.3 Å². The molecule has 146 valence electrons. The van der Waals surface area contributed by atoms with Crippen LogP contribution in [0, 0.1) is 23.7 Å². The van der Waals surface area contributed by atoms with Crippen molar-refractivity contribution in [2.45, 2.75) is 51.4 Å². The summed E-state index contributed by atoms with van der Waals surface area (Å²) in [5.41, 5.74) is 1.45. The first-order chi connectivity index (χ1) is 13.0. The molecule has 0 spiro atoms. The van der Waals surface area contributed by atoms with Crippen LogP contribution in [0.15, 0.2) is 0 Å². The van der Waals surface area contributed by atoms with Crippen molar-refractivity contribution in [3.63, 3.8) is 0 Å². The van der Waals surface area contributed by atoms with E-state index < -0.39 is 23.8 Å². The fraction of sp³-hybridized carbons (Fsp3) is 0.650. The molecule has 0 unspecified atom stereocenters. The molecular formula is C20H24NO5S-. The highest BCUT2D eigenvalue weighted by atomic mass is 32.1. The third kappa shape index (κ3) is 3.16. The largest absolute Gasteiger partial charge is 0.550 e. The zero-order chi connectivity index (χ0) is 19.1. The molecule has 1 amide bonds. The molecule has 1 aromatic rings. The zero-order valence-electron chi connectivity index (χ0n) is 15.4. The molecule has 3 aliphatic rings. The van der Waals surface area contributed by atoms with E-state index in [9.17, 15) is 19.5 Å². The number of carboxylic acid groups (broad SMARTS) is 1. The number of aliphatic carboxylic acids is 1. The van der Waals surface area contributed by atoms with Gasteiger partial charge in [-0.05, 0) is 62.3 Å². The molecule has 4 atom stereocenters. The van der Waals surface area contributed by atoms with Crippen LogP contribution in [0.4, 0.5) is 5.00 Å². The predicted octanol–water partition coefficient (Wildman–Crippen LogP) is 2.15. The summed E-state index contributed by atoms with van der Waals surface area (Å²) in [4.78, 5) is 38.2. The Morgan fingerprint density at radius 3 is 2.48 bits per heavy atom. The molecule has 0 saturated heterocycles. The summed E-state index contributed by atoms with van der Waals surface area (Å²) in [6.07, 6.45) is 7.44. The van der Waals surface area contributed by atoms with Gasteiger partial charge < -0.3 is 20.0 Å². The molecule has 0 aromatic carbocycles. The molecule has 1 N–H and O–H groups in total. The number of amides is 1. The highest BCUT2D eigenvalue weighted by molar-refractivity contribution is 7.17. The van der Waals surface area contributed by atoms with Crippen molar-refractivity contribution in [2.75, 3.05) is 12.4 Å². The lowest BCUT2D eigenvalue weighted by molar-refractivity contribution is -0.314. The van der Waals surface area contributed by atoms with Gasteiger partial charge in [-0.25, -0.2) is 4.79 Å². The van der Waals surface area contributed by atoms with E-state index in [-0.39, 0.29) is 17.7 Å². The molecule has 0 aliphatic heterocycles. The van der Waals surface area contributed by atoms with Gasteiger partial charge in [0.1, 0.15) is 5.00 Å². The van der Waals surface area contributed by atoms with Crippen molar-refractivity contribution < 1.29 is 24.2 Å². The first kappa shape index (κ1) is 18.5. The molecule has 1 aromatic heterocycles. The number of anilines is 1. The van der Waals surface area contributed by atoms with Crippen LogP contribution in [0.1, 0.15) is 59.3 Å². The number of carbonyl (C=O) groups excluding carboxylic acids is 3. The van der Waals surface area contributed by atoms with Crippen LogP contribution < -0.4 is 10.4 Å². The average molecular weight is 390 g/mol. The van der Waals surface area contributed by atoms with Crippen LogP contribution in [0.5, 0.6) is 0 Å². The molecule has 27 heavy (non-hydrogen) atoms. The normalized spacial score (nSPS) is 29.1. The van der Waals surface area contributed by atoms with E-state index in [2.05, 4.69) is 5.32 Å². The van der Waals surface area contributed by atoms with Gasteiger partial charge in [0.2, 0.25) is 5.91 Å². The van der Waals surface area contributed by atoms with Gasteiger partial charge >= 0.3 is 5.97 Å². The lowest BCUT2D eigenvalue weighted by Crippen LogP contribution is -2.44. The Labute approximate surface area is 162 Å². The molecule has 7 heteroatoms. The van der Waals surface area contributed by atoms with Gasteiger partial charge in [0.05, 0.1) is 12.7 Å². The number of hydrogen-bond donors (Lipinski definition) is 1. The Morgan fingerprint density at radius 2 is 1.78 bits per heavy atom. The van der Waals surface area contributed by atoms with Gasteiger partial charge in [0, 0.05) is 22.7 Å². The quantitative estimate of drug-likeness (QED) is 0.628. The SMILES string of the molecule is COC(=O)c1c(NC(=O)[C@H]2[C@@H]3CC[C@@H](C3)[C@@H]2C(=O)[O-])sc2c1CCCCC2. The Morgan fingerprint density at radius 1 is 1.07 bits per heavy atom. The molecule has 3 aliphatic carbocycles. The summed E-state index contributed by atoms with van der Waals surface area (Å²) in [6.45, 7) is 0. The van der Waals surface area contributed by atoms with Crippen molar-refractivity contribution in [1.29, 1.82) is 0 Å². The number of esters is 1. The summed E-state index contributed by atoms with van der Waals surface area (Å²) in [5, 5.41) is 15.0. The smallest absolute Gasteiger partial charge is 0.341 e. The van der Waals surface area contributed by atoms with E-state index in [1.807, 2.05) is 0 Å². The van der Waals surface area contributed by atoms with Crippen LogP contribution in [-0.2, 0) is 27.2 Å². The first-order valence-electron chi connectivity index (χ1n) is 9.75. The van der Waals surface area contributed by atoms with E-state index in [1.54, 1.807) is 0 Å². The van der Waals surface area contributed by atoms with E-state index in [4.69, 9.17) is 4.74 Å². The second kappa shape index (κ2) is 7.26. The van der Waals surface area contributed by atoms with Crippen LogP contribution in [0.25, 0.3) is 0 Å². The van der Waals surface area contributed by atoms with Crippen LogP contribution in [0.3, 0.4) is 0 Å². The number of hydrogen-bond acceptors (Lipinski definition) is 6. The standard InChI is InChI=1S/C20H25NO5S/c1-26-20(25)16-12-5-3-2-4-6-13(12)27-18(16)21-17(22)14-10-7-8-11(9-10)15(14)19(23)24/h10-11,14-15H,2-9H2,1H3,(H,21,22)(H,23,24)/p-1/t10-,11+,14+,15+/m1/s1. The highest BCUT2D eigenvalue weighted by Gasteiger charge is 2.51. The van der Waals surface area contributed by atoms with Gasteiger partial charge in [0.15, 0.2) is 0 Å². The number of ether oxygens (including phenoxy) is 1. The number of carbonyl (C=O) groups is 3. The van der Waals surface area contributed by atoms with E-state index >= 15 is 0 Å². The molecule has 0 radical (unpaired) electrons. The summed E-state index contributed by atoms with van der Waals surface area (Å²) >= 11 is 1.44. The number of rotatable bonds is 4. The monoisotopic (exact) mass is 390 g/mol. The third-order valence-electron chi connectivity index (χ3n) is 6.54. The number of aryl methyl sites for hydroxylation is 1. The molecule has 2 fully saturated rings. The molecule has 2 saturated carbocycles. The lowest BCUT2D eigenvalue weighted by atomic mass is 9.79. The van der Waals surface area contributed by atoms with Crippen molar-refractivity contribution >= 4 is 34.2 Å². The lowest BCUT2D eigenvalue weighted by Gasteiger charge is -2.30. The number of methoxy groups -OCH3 is 1. The average Bonchev–Trinajstić information content (AvgIpc) is 3.30. The van der Waals surface area contributed by atoms with Crippen molar-refractivity contribution in [2.24, 2.45) is 23.7 Å². The minimum absolute atomic E-state index is 0.0379. The van der Waals surface area contributed by atoms with Gasteiger partial charge in [-0.1, -0.05) is 6.42 Å². The number of nitrogens with one attached hydrogen (secondary N) is 1. The van der Waals surface area contributed by atoms with Crippen LogP contribution in [0.2, 0.25) is 0 Å². The topological polar surface area (TPSA) is 95.5 Å².